The van der Waals surface area contributed by atoms with Gasteiger partial charge < -0.3 is 4.42 Å². The summed E-state index contributed by atoms with van der Waals surface area (Å²) in [7, 11) is 0. The largest absolute Gasteiger partial charge is 0.456 e. The highest BCUT2D eigenvalue weighted by atomic mass is 16.3. The summed E-state index contributed by atoms with van der Waals surface area (Å²) >= 11 is 0. The zero-order chi connectivity index (χ0) is 18.8. The minimum atomic E-state index is 0.664. The molecule has 2 heterocycles. The van der Waals surface area contributed by atoms with E-state index in [4.69, 9.17) is 4.42 Å². The van der Waals surface area contributed by atoms with Crippen LogP contribution in [-0.2, 0) is 0 Å². The van der Waals surface area contributed by atoms with E-state index >= 15 is 0 Å². The Balaban J connectivity index is 1.67. The molecule has 3 aromatic carbocycles. The second-order valence-corrected chi connectivity index (χ2v) is 6.32. The minimum absolute atomic E-state index is 0.664. The molecule has 0 aliphatic carbocycles. The van der Waals surface area contributed by atoms with E-state index in [1.807, 2.05) is 84.9 Å². The number of benzene rings is 3. The second-order valence-electron chi connectivity index (χ2n) is 6.32. The second kappa shape index (κ2) is 6.96. The third kappa shape index (κ3) is 2.99. The number of nitrogens with one attached hydrogen (secondary N) is 1. The van der Waals surface area contributed by atoms with Crippen LogP contribution in [0.15, 0.2) is 101 Å². The summed E-state index contributed by atoms with van der Waals surface area (Å²) in [6.45, 7) is 0. The summed E-state index contributed by atoms with van der Waals surface area (Å²) in [6.07, 6.45) is 1.54. The van der Waals surface area contributed by atoms with Crippen molar-refractivity contribution >= 4 is 27.7 Å². The van der Waals surface area contributed by atoms with Crippen LogP contribution in [0.1, 0.15) is 0 Å². The summed E-state index contributed by atoms with van der Waals surface area (Å²) < 4.78 is 6.10. The summed E-state index contributed by atoms with van der Waals surface area (Å²) in [5, 5.41) is 7.26. The van der Waals surface area contributed by atoms with Gasteiger partial charge in [-0.2, -0.15) is 5.10 Å². The summed E-state index contributed by atoms with van der Waals surface area (Å²) in [5.41, 5.74) is 5.75. The van der Waals surface area contributed by atoms with Crippen molar-refractivity contribution in [1.29, 1.82) is 0 Å². The lowest BCUT2D eigenvalue weighted by Crippen LogP contribution is -2.08. The molecule has 2 aromatic heterocycles. The van der Waals surface area contributed by atoms with Gasteiger partial charge in [0.1, 0.15) is 17.7 Å². The molecule has 0 radical (unpaired) electrons. The molecule has 0 unspecified atom stereocenters. The van der Waals surface area contributed by atoms with Gasteiger partial charge in [0.15, 0.2) is 5.82 Å². The van der Waals surface area contributed by atoms with Gasteiger partial charge in [-0.1, -0.05) is 54.6 Å². The van der Waals surface area contributed by atoms with E-state index < -0.39 is 0 Å². The Labute approximate surface area is 161 Å². The van der Waals surface area contributed by atoms with Crippen molar-refractivity contribution in [1.82, 2.24) is 9.97 Å². The molecule has 0 saturated carbocycles. The predicted octanol–water partition coefficient (Wildman–Crippen LogP) is 4.97. The van der Waals surface area contributed by atoms with Crippen molar-refractivity contribution in [2.75, 3.05) is 5.43 Å². The highest BCUT2D eigenvalue weighted by Crippen LogP contribution is 2.22. The van der Waals surface area contributed by atoms with E-state index in [0.29, 0.717) is 5.82 Å². The lowest BCUT2D eigenvalue weighted by molar-refractivity contribution is 0.618. The van der Waals surface area contributed by atoms with Crippen LogP contribution in [0.3, 0.4) is 0 Å². The molecule has 1 N–H and O–H groups in total. The highest BCUT2D eigenvalue weighted by molar-refractivity contribution is 5.88. The van der Waals surface area contributed by atoms with E-state index in [-0.39, 0.29) is 0 Å². The molecule has 5 heteroatoms. The summed E-state index contributed by atoms with van der Waals surface area (Å²) in [4.78, 5) is 8.64. The maximum atomic E-state index is 6.10. The Morgan fingerprint density at radius 3 is 2.39 bits per heavy atom. The third-order valence-corrected chi connectivity index (χ3v) is 4.53. The number of rotatable bonds is 3. The first-order chi connectivity index (χ1) is 13.9. The van der Waals surface area contributed by atoms with Gasteiger partial charge in [-0.3, -0.25) is 5.43 Å². The normalized spacial score (nSPS) is 11.8. The van der Waals surface area contributed by atoms with Crippen molar-refractivity contribution in [3.8, 4) is 11.3 Å². The Bertz CT molecular complexity index is 1340. The number of hydrogen-bond donors (Lipinski definition) is 1. The lowest BCUT2D eigenvalue weighted by atomic mass is 10.1. The van der Waals surface area contributed by atoms with Crippen molar-refractivity contribution in [2.24, 2.45) is 5.10 Å². The molecule has 0 spiro atoms. The quantitative estimate of drug-likeness (QED) is 0.459. The fraction of sp³-hybridized carbons (Fsp3) is 0. The first-order valence-electron chi connectivity index (χ1n) is 8.96. The highest BCUT2D eigenvalue weighted by Gasteiger charge is 2.06. The topological polar surface area (TPSA) is 63.3 Å². The maximum absolute atomic E-state index is 6.10. The van der Waals surface area contributed by atoms with Gasteiger partial charge >= 0.3 is 0 Å². The Morgan fingerprint density at radius 2 is 1.50 bits per heavy atom. The average molecular weight is 364 g/mol. The number of anilines is 1. The summed E-state index contributed by atoms with van der Waals surface area (Å²) in [5.74, 6) is 1.42. The van der Waals surface area contributed by atoms with Crippen LogP contribution in [0, 0.1) is 0 Å². The van der Waals surface area contributed by atoms with Gasteiger partial charge in [0.25, 0.3) is 0 Å². The van der Waals surface area contributed by atoms with Crippen LogP contribution in [-0.4, -0.2) is 9.97 Å². The van der Waals surface area contributed by atoms with Gasteiger partial charge in [-0.15, -0.1) is 0 Å². The molecule has 0 bridgehead atoms. The zero-order valence-corrected chi connectivity index (χ0v) is 14.9. The smallest absolute Gasteiger partial charge is 0.157 e. The van der Waals surface area contributed by atoms with Crippen LogP contribution in [0.4, 0.5) is 5.82 Å². The Morgan fingerprint density at radius 1 is 0.750 bits per heavy atom. The van der Waals surface area contributed by atoms with Crippen LogP contribution in [0.5, 0.6) is 0 Å². The van der Waals surface area contributed by atoms with Gasteiger partial charge in [0.2, 0.25) is 0 Å². The minimum Gasteiger partial charge on any atom is -0.456 e. The van der Waals surface area contributed by atoms with Gasteiger partial charge in [-0.25, -0.2) is 9.97 Å². The van der Waals surface area contributed by atoms with Crippen molar-refractivity contribution in [2.45, 2.75) is 0 Å². The molecule has 0 atom stereocenters. The molecule has 134 valence electrons. The summed E-state index contributed by atoms with van der Waals surface area (Å²) in [6, 6.07) is 27.6. The molecule has 0 amide bonds. The lowest BCUT2D eigenvalue weighted by Gasteiger charge is -2.06. The van der Waals surface area contributed by atoms with E-state index in [2.05, 4.69) is 20.5 Å². The first-order valence-corrected chi connectivity index (χ1v) is 8.96. The molecule has 0 aliphatic heterocycles. The number of para-hydroxylation sites is 2. The zero-order valence-electron chi connectivity index (χ0n) is 14.9. The SMILES string of the molecule is c1ccc(-c2c/c(=N\Nc3ncnc4ccccc34)c3ccccc3o2)cc1. The van der Waals surface area contributed by atoms with Crippen LogP contribution in [0.2, 0.25) is 0 Å². The number of fused-ring (bicyclic) bond motifs is 2. The third-order valence-electron chi connectivity index (χ3n) is 4.53. The van der Waals surface area contributed by atoms with Gasteiger partial charge in [0.05, 0.1) is 10.9 Å². The first kappa shape index (κ1) is 16.2. The molecular formula is C23H16N4O. The average Bonchev–Trinajstić information content (AvgIpc) is 2.78. The van der Waals surface area contributed by atoms with Crippen LogP contribution < -0.4 is 10.8 Å². The molecular weight excluding hydrogens is 348 g/mol. The maximum Gasteiger partial charge on any atom is 0.157 e. The van der Waals surface area contributed by atoms with E-state index in [1.54, 1.807) is 0 Å². The molecule has 5 nitrogen and oxygen atoms in total. The van der Waals surface area contributed by atoms with Crippen LogP contribution >= 0.6 is 0 Å². The fourth-order valence-electron chi connectivity index (χ4n) is 3.16. The van der Waals surface area contributed by atoms with Crippen LogP contribution in [0.25, 0.3) is 33.2 Å². The van der Waals surface area contributed by atoms with Crippen molar-refractivity contribution in [3.63, 3.8) is 0 Å². The Hall–Kier alpha value is -3.99. The molecule has 0 saturated heterocycles. The predicted molar refractivity (Wildman–Crippen MR) is 110 cm³/mol. The molecule has 0 fully saturated rings. The fourth-order valence-corrected chi connectivity index (χ4v) is 3.16. The molecule has 28 heavy (non-hydrogen) atoms. The molecule has 0 aliphatic rings. The number of aromatic nitrogens is 2. The Kier molecular flexibility index (Phi) is 4.03. The number of nitrogens with zero attached hydrogens (tertiary/aromatic N) is 3. The van der Waals surface area contributed by atoms with Crippen molar-refractivity contribution in [3.05, 3.63) is 96.6 Å². The van der Waals surface area contributed by atoms with Crippen molar-refractivity contribution < 1.29 is 4.42 Å². The van der Waals surface area contributed by atoms with Gasteiger partial charge in [0, 0.05) is 22.4 Å². The van der Waals surface area contributed by atoms with Gasteiger partial charge in [-0.05, 0) is 24.3 Å². The molecule has 5 aromatic rings. The van der Waals surface area contributed by atoms with E-state index in [1.165, 1.54) is 6.33 Å². The number of hydrogen-bond acceptors (Lipinski definition) is 5. The monoisotopic (exact) mass is 364 g/mol. The van der Waals surface area contributed by atoms with E-state index in [0.717, 1.165) is 38.6 Å². The molecule has 5 rings (SSSR count). The van der Waals surface area contributed by atoms with E-state index in [9.17, 15) is 0 Å². The standard InChI is InChI=1S/C23H16N4O/c1-2-8-16(9-3-1)22-14-20(17-10-5-7-13-21(17)28-22)26-27-23-18-11-4-6-12-19(18)24-15-25-23/h1-15H,(H,24,25,27)/b26-20+.